The molecule has 0 aliphatic heterocycles. The molecule has 2 heterocycles. The van der Waals surface area contributed by atoms with Gasteiger partial charge in [0.2, 0.25) is 0 Å². The quantitative estimate of drug-likeness (QED) is 0.256. The van der Waals surface area contributed by atoms with Gasteiger partial charge in [-0.2, -0.15) is 0 Å². The zero-order chi connectivity index (χ0) is 19.2. The minimum absolute atomic E-state index is 0. The number of para-hydroxylation sites is 1. The maximum Gasteiger partial charge on any atom is 0.191 e. The summed E-state index contributed by atoms with van der Waals surface area (Å²) in [6.07, 6.45) is 3.03. The molecular weight excluding hydrogens is 465 g/mol. The molecule has 7 heteroatoms. The number of halogens is 1. The SMILES string of the molecule is CCNC(=NCc1cc(C(C)C)no1)NCCc1c[nH]c2c(C)cccc12.I. The molecule has 0 amide bonds. The number of guanidine groups is 1. The van der Waals surface area contributed by atoms with Crippen molar-refractivity contribution in [2.75, 3.05) is 13.1 Å². The van der Waals surface area contributed by atoms with Gasteiger partial charge in [0, 0.05) is 36.3 Å². The molecule has 0 aliphatic rings. The lowest BCUT2D eigenvalue weighted by molar-refractivity contribution is 0.376. The highest BCUT2D eigenvalue weighted by molar-refractivity contribution is 14.0. The van der Waals surface area contributed by atoms with Gasteiger partial charge in [-0.1, -0.05) is 37.2 Å². The van der Waals surface area contributed by atoms with Crippen molar-refractivity contribution >= 4 is 40.8 Å². The van der Waals surface area contributed by atoms with Crippen LogP contribution in [-0.2, 0) is 13.0 Å². The Bertz CT molecular complexity index is 913. The second-order valence-electron chi connectivity index (χ2n) is 7.06. The Balaban J connectivity index is 0.00000280. The van der Waals surface area contributed by atoms with Gasteiger partial charge in [-0.05, 0) is 37.3 Å². The maximum atomic E-state index is 5.36. The monoisotopic (exact) mass is 495 g/mol. The number of hydrogen-bond donors (Lipinski definition) is 3. The van der Waals surface area contributed by atoms with Gasteiger partial charge >= 0.3 is 0 Å². The van der Waals surface area contributed by atoms with Crippen molar-refractivity contribution in [3.05, 3.63) is 53.0 Å². The van der Waals surface area contributed by atoms with Gasteiger partial charge in [0.1, 0.15) is 6.54 Å². The molecule has 3 N–H and O–H groups in total. The van der Waals surface area contributed by atoms with Gasteiger partial charge in [0.25, 0.3) is 0 Å². The fourth-order valence-corrected chi connectivity index (χ4v) is 3.06. The van der Waals surface area contributed by atoms with Crippen molar-refractivity contribution in [3.8, 4) is 0 Å². The number of aromatic amines is 1. The summed E-state index contributed by atoms with van der Waals surface area (Å²) in [5.41, 5.74) is 4.77. The van der Waals surface area contributed by atoms with Gasteiger partial charge in [-0.3, -0.25) is 0 Å². The molecule has 3 rings (SSSR count). The van der Waals surface area contributed by atoms with Crippen LogP contribution in [0.4, 0.5) is 0 Å². The first-order chi connectivity index (χ1) is 13.1. The molecular formula is C21H30IN5O. The number of rotatable bonds is 7. The van der Waals surface area contributed by atoms with Crippen LogP contribution >= 0.6 is 24.0 Å². The lowest BCUT2D eigenvalue weighted by atomic mass is 10.1. The zero-order valence-corrected chi connectivity index (χ0v) is 19.3. The third kappa shape index (κ3) is 5.50. The second-order valence-corrected chi connectivity index (χ2v) is 7.06. The predicted molar refractivity (Wildman–Crippen MR) is 126 cm³/mol. The largest absolute Gasteiger partial charge is 0.361 e. The number of aromatic nitrogens is 2. The normalized spacial score (nSPS) is 11.7. The summed E-state index contributed by atoms with van der Waals surface area (Å²) < 4.78 is 5.36. The molecule has 0 saturated heterocycles. The number of fused-ring (bicyclic) bond motifs is 1. The highest BCUT2D eigenvalue weighted by Gasteiger charge is 2.08. The van der Waals surface area contributed by atoms with E-state index in [-0.39, 0.29) is 24.0 Å². The molecule has 28 heavy (non-hydrogen) atoms. The molecule has 1 aromatic carbocycles. The van der Waals surface area contributed by atoms with E-state index in [9.17, 15) is 0 Å². The second kappa shape index (κ2) is 10.5. The van der Waals surface area contributed by atoms with Crippen LogP contribution < -0.4 is 10.6 Å². The van der Waals surface area contributed by atoms with E-state index in [1.54, 1.807) is 0 Å². The van der Waals surface area contributed by atoms with Gasteiger partial charge < -0.3 is 20.1 Å². The summed E-state index contributed by atoms with van der Waals surface area (Å²) in [5, 5.41) is 12.1. The Kier molecular flexibility index (Phi) is 8.35. The fourth-order valence-electron chi connectivity index (χ4n) is 3.06. The summed E-state index contributed by atoms with van der Waals surface area (Å²) in [4.78, 5) is 7.99. The smallest absolute Gasteiger partial charge is 0.191 e. The fraction of sp³-hybridized carbons (Fsp3) is 0.429. The molecule has 0 saturated carbocycles. The Morgan fingerprint density at radius 1 is 1.29 bits per heavy atom. The van der Waals surface area contributed by atoms with Crippen LogP contribution in [0.5, 0.6) is 0 Å². The molecule has 0 atom stereocenters. The van der Waals surface area contributed by atoms with Crippen molar-refractivity contribution in [2.45, 2.75) is 46.6 Å². The highest BCUT2D eigenvalue weighted by Crippen LogP contribution is 2.21. The van der Waals surface area contributed by atoms with Crippen LogP contribution in [-0.4, -0.2) is 29.2 Å². The third-order valence-corrected chi connectivity index (χ3v) is 4.60. The van der Waals surface area contributed by atoms with Crippen molar-refractivity contribution in [1.82, 2.24) is 20.8 Å². The van der Waals surface area contributed by atoms with Crippen molar-refractivity contribution in [1.29, 1.82) is 0 Å². The molecule has 3 aromatic rings. The van der Waals surface area contributed by atoms with Crippen LogP contribution in [0.3, 0.4) is 0 Å². The summed E-state index contributed by atoms with van der Waals surface area (Å²) in [6, 6.07) is 8.39. The van der Waals surface area contributed by atoms with Crippen LogP contribution in [0.2, 0.25) is 0 Å². The average Bonchev–Trinajstić information content (AvgIpc) is 3.28. The average molecular weight is 495 g/mol. The number of aryl methyl sites for hydroxylation is 1. The standard InChI is InChI=1S/C21H29N5O.HI/c1-5-22-21(25-13-17-11-19(14(2)3)26-27-17)23-10-9-16-12-24-20-15(4)7-6-8-18(16)20;/h6-8,11-12,14,24H,5,9-10,13H2,1-4H3,(H2,22,23,25);1H. The number of nitrogens with one attached hydrogen (secondary N) is 3. The number of hydrogen-bond acceptors (Lipinski definition) is 3. The van der Waals surface area contributed by atoms with Gasteiger partial charge in [-0.25, -0.2) is 4.99 Å². The van der Waals surface area contributed by atoms with E-state index in [2.05, 4.69) is 77.9 Å². The first-order valence-corrected chi connectivity index (χ1v) is 9.61. The summed E-state index contributed by atoms with van der Waals surface area (Å²) >= 11 is 0. The summed E-state index contributed by atoms with van der Waals surface area (Å²) in [7, 11) is 0. The summed E-state index contributed by atoms with van der Waals surface area (Å²) in [5.74, 6) is 1.93. The molecule has 152 valence electrons. The highest BCUT2D eigenvalue weighted by atomic mass is 127. The van der Waals surface area contributed by atoms with Gasteiger partial charge in [-0.15, -0.1) is 24.0 Å². The minimum Gasteiger partial charge on any atom is -0.361 e. The number of aliphatic imine (C=N–C) groups is 1. The Morgan fingerprint density at radius 3 is 2.82 bits per heavy atom. The molecule has 2 aromatic heterocycles. The summed E-state index contributed by atoms with van der Waals surface area (Å²) in [6.45, 7) is 10.5. The van der Waals surface area contributed by atoms with Crippen molar-refractivity contribution in [2.24, 2.45) is 4.99 Å². The molecule has 0 fully saturated rings. The Morgan fingerprint density at radius 2 is 2.11 bits per heavy atom. The molecule has 0 bridgehead atoms. The molecule has 0 aliphatic carbocycles. The van der Waals surface area contributed by atoms with E-state index in [1.165, 1.54) is 22.0 Å². The van der Waals surface area contributed by atoms with E-state index in [0.717, 1.165) is 36.9 Å². The van der Waals surface area contributed by atoms with Crippen LogP contribution in [0, 0.1) is 6.92 Å². The molecule has 0 spiro atoms. The van der Waals surface area contributed by atoms with E-state index in [1.807, 2.05) is 6.07 Å². The van der Waals surface area contributed by atoms with Crippen LogP contribution in [0.25, 0.3) is 10.9 Å². The molecule has 0 radical (unpaired) electrons. The number of nitrogens with zero attached hydrogens (tertiary/aromatic N) is 2. The molecule has 6 nitrogen and oxygen atoms in total. The Labute approximate surface area is 183 Å². The molecule has 0 unspecified atom stereocenters. The van der Waals surface area contributed by atoms with Crippen molar-refractivity contribution in [3.63, 3.8) is 0 Å². The van der Waals surface area contributed by atoms with Gasteiger partial charge in [0.05, 0.1) is 5.69 Å². The first kappa shape index (κ1) is 22.3. The lowest BCUT2D eigenvalue weighted by Crippen LogP contribution is -2.38. The van der Waals surface area contributed by atoms with E-state index >= 15 is 0 Å². The van der Waals surface area contributed by atoms with E-state index < -0.39 is 0 Å². The van der Waals surface area contributed by atoms with Crippen LogP contribution in [0.1, 0.15) is 49.3 Å². The van der Waals surface area contributed by atoms with Gasteiger partial charge in [0.15, 0.2) is 11.7 Å². The lowest BCUT2D eigenvalue weighted by Gasteiger charge is -2.10. The number of benzene rings is 1. The topological polar surface area (TPSA) is 78.2 Å². The third-order valence-electron chi connectivity index (χ3n) is 4.60. The number of H-pyrrole nitrogens is 1. The van der Waals surface area contributed by atoms with Crippen molar-refractivity contribution < 1.29 is 4.52 Å². The first-order valence-electron chi connectivity index (χ1n) is 9.61. The van der Waals surface area contributed by atoms with E-state index in [4.69, 9.17) is 4.52 Å². The predicted octanol–water partition coefficient (Wildman–Crippen LogP) is 4.50. The maximum absolute atomic E-state index is 5.36. The van der Waals surface area contributed by atoms with E-state index in [0.29, 0.717) is 12.5 Å². The zero-order valence-electron chi connectivity index (χ0n) is 17.0. The minimum atomic E-state index is 0. The Hall–Kier alpha value is -2.03. The van der Waals surface area contributed by atoms with Crippen LogP contribution in [0.15, 0.2) is 40.0 Å².